The second-order valence-electron chi connectivity index (χ2n) is 6.40. The molecule has 5 nitrogen and oxygen atoms in total. The Morgan fingerprint density at radius 3 is 2.96 bits per heavy atom. The lowest BCUT2D eigenvalue weighted by molar-refractivity contribution is 0.101. The first kappa shape index (κ1) is 16.7. The molecule has 0 saturated carbocycles. The number of hydrogen-bond donors (Lipinski definition) is 1. The second kappa shape index (κ2) is 6.50. The molecule has 3 aromatic rings. The minimum atomic E-state index is -0.344. The molecule has 0 bridgehead atoms. The van der Waals surface area contributed by atoms with Gasteiger partial charge < -0.3 is 14.6 Å². The smallest absolute Gasteiger partial charge is 0.277 e. The molecule has 1 N–H and O–H groups in total. The van der Waals surface area contributed by atoms with Gasteiger partial charge in [-0.1, -0.05) is 22.8 Å². The van der Waals surface area contributed by atoms with Crippen molar-refractivity contribution < 1.29 is 14.1 Å². The Morgan fingerprint density at radius 2 is 2.12 bits per heavy atom. The molecule has 0 aliphatic carbocycles. The van der Waals surface area contributed by atoms with Gasteiger partial charge in [-0.3, -0.25) is 4.79 Å². The first-order chi connectivity index (χ1) is 12.5. The number of nitrogens with one attached hydrogen (secondary N) is 1. The van der Waals surface area contributed by atoms with Crippen molar-refractivity contribution in [3.63, 3.8) is 0 Å². The summed E-state index contributed by atoms with van der Waals surface area (Å²) < 4.78 is 11.1. The quantitative estimate of drug-likeness (QED) is 0.715. The summed E-state index contributed by atoms with van der Waals surface area (Å²) in [5.74, 6) is 1.10. The number of amides is 1. The zero-order valence-electron chi connectivity index (χ0n) is 14.4. The van der Waals surface area contributed by atoms with Crippen molar-refractivity contribution in [2.24, 2.45) is 0 Å². The Morgan fingerprint density at radius 1 is 1.27 bits per heavy atom. The summed E-state index contributed by atoms with van der Waals surface area (Å²) >= 11 is 6.09. The number of ether oxygens (including phenoxy) is 1. The summed E-state index contributed by atoms with van der Waals surface area (Å²) in [5.41, 5.74) is 3.66. The molecular weight excluding hydrogens is 352 g/mol. The molecule has 6 heteroatoms. The van der Waals surface area contributed by atoms with Gasteiger partial charge in [-0.15, -0.1) is 0 Å². The summed E-state index contributed by atoms with van der Waals surface area (Å²) in [6.07, 6.45) is 1.04. The number of benzene rings is 2. The summed E-state index contributed by atoms with van der Waals surface area (Å²) in [4.78, 5) is 12.5. The fourth-order valence-corrected chi connectivity index (χ4v) is 3.20. The molecule has 1 atom stereocenters. The second-order valence-corrected chi connectivity index (χ2v) is 6.81. The van der Waals surface area contributed by atoms with Gasteiger partial charge in [0.2, 0.25) is 0 Å². The maximum Gasteiger partial charge on any atom is 0.277 e. The van der Waals surface area contributed by atoms with Gasteiger partial charge in [0.15, 0.2) is 11.5 Å². The third-order valence-corrected chi connectivity index (χ3v) is 4.85. The van der Waals surface area contributed by atoms with Gasteiger partial charge in [0.25, 0.3) is 5.91 Å². The molecule has 0 spiro atoms. The van der Waals surface area contributed by atoms with Crippen molar-refractivity contribution in [2.75, 3.05) is 5.32 Å². The Labute approximate surface area is 155 Å². The number of fused-ring (bicyclic) bond motifs is 1. The highest BCUT2D eigenvalue weighted by atomic mass is 35.5. The fraction of sp³-hybridized carbons (Fsp3) is 0.200. The average Bonchev–Trinajstić information content (AvgIpc) is 3.24. The number of carbonyl (C=O) groups is 1. The molecule has 2 heterocycles. The maximum absolute atomic E-state index is 12.5. The first-order valence-electron chi connectivity index (χ1n) is 8.34. The zero-order valence-corrected chi connectivity index (χ0v) is 15.1. The van der Waals surface area contributed by atoms with Crippen molar-refractivity contribution in [3.05, 3.63) is 64.3 Å². The summed E-state index contributed by atoms with van der Waals surface area (Å²) in [6.45, 7) is 3.88. The van der Waals surface area contributed by atoms with Crippen molar-refractivity contribution in [2.45, 2.75) is 26.4 Å². The van der Waals surface area contributed by atoms with E-state index in [2.05, 4.69) is 10.5 Å². The van der Waals surface area contributed by atoms with E-state index >= 15 is 0 Å². The molecule has 0 fully saturated rings. The normalized spacial score (nSPS) is 15.4. The van der Waals surface area contributed by atoms with Crippen LogP contribution in [0.1, 0.15) is 28.5 Å². The lowest BCUT2D eigenvalue weighted by Gasteiger charge is -2.07. The van der Waals surface area contributed by atoms with E-state index in [-0.39, 0.29) is 17.7 Å². The van der Waals surface area contributed by atoms with Crippen molar-refractivity contribution in [1.29, 1.82) is 0 Å². The van der Waals surface area contributed by atoms with E-state index in [1.54, 1.807) is 24.3 Å². The van der Waals surface area contributed by atoms with Crippen LogP contribution in [0.4, 0.5) is 5.69 Å². The van der Waals surface area contributed by atoms with Gasteiger partial charge in [-0.2, -0.15) is 0 Å². The van der Waals surface area contributed by atoms with Gasteiger partial charge in [-0.25, -0.2) is 0 Å². The molecule has 1 aliphatic rings. The Balaban J connectivity index is 1.56. The molecule has 0 radical (unpaired) electrons. The van der Waals surface area contributed by atoms with Crippen LogP contribution in [0.3, 0.4) is 0 Å². The number of hydrogen-bond acceptors (Lipinski definition) is 4. The van der Waals surface area contributed by atoms with Crippen LogP contribution in [0.25, 0.3) is 11.3 Å². The van der Waals surface area contributed by atoms with Crippen LogP contribution in [-0.4, -0.2) is 17.2 Å². The van der Waals surface area contributed by atoms with Crippen LogP contribution < -0.4 is 10.1 Å². The third-order valence-electron chi connectivity index (χ3n) is 4.44. The minimum absolute atomic E-state index is 0.178. The van der Waals surface area contributed by atoms with Gasteiger partial charge in [0, 0.05) is 28.8 Å². The minimum Gasteiger partial charge on any atom is -0.490 e. The van der Waals surface area contributed by atoms with Gasteiger partial charge in [-0.05, 0) is 55.3 Å². The maximum atomic E-state index is 12.5. The Hall–Kier alpha value is -2.79. The van der Waals surface area contributed by atoms with Crippen molar-refractivity contribution >= 4 is 23.2 Å². The number of anilines is 1. The summed E-state index contributed by atoms with van der Waals surface area (Å²) in [5, 5.41) is 7.31. The first-order valence-corrected chi connectivity index (χ1v) is 8.72. The van der Waals surface area contributed by atoms with Crippen LogP contribution in [0.15, 0.2) is 47.0 Å². The Bertz CT molecular complexity index is 996. The fourth-order valence-electron chi connectivity index (χ4n) is 3.02. The largest absolute Gasteiger partial charge is 0.490 e. The number of aromatic nitrogens is 1. The molecule has 0 saturated heterocycles. The lowest BCUT2D eigenvalue weighted by atomic mass is 10.1. The van der Waals surface area contributed by atoms with Gasteiger partial charge in [0.1, 0.15) is 11.9 Å². The number of rotatable bonds is 3. The van der Waals surface area contributed by atoms with Crippen LogP contribution >= 0.6 is 11.6 Å². The lowest BCUT2D eigenvalue weighted by Crippen LogP contribution is -2.13. The zero-order chi connectivity index (χ0) is 18.3. The van der Waals surface area contributed by atoms with Crippen LogP contribution in [0.5, 0.6) is 5.75 Å². The standard InChI is InChI=1S/C20H17ClN2O3/c1-11-8-14-9-13(6-7-18(14)25-11)19-10-17(23-26-19)20(24)22-16-5-3-4-15(21)12(16)2/h3-7,9-11H,8H2,1-2H3,(H,22,24)/t11-/m0/s1. The van der Waals surface area contributed by atoms with Crippen molar-refractivity contribution in [1.82, 2.24) is 5.16 Å². The third kappa shape index (κ3) is 3.06. The highest BCUT2D eigenvalue weighted by Crippen LogP contribution is 2.33. The van der Waals surface area contributed by atoms with E-state index in [1.165, 1.54) is 0 Å². The Kier molecular flexibility index (Phi) is 4.17. The van der Waals surface area contributed by atoms with Gasteiger partial charge in [0.05, 0.1) is 0 Å². The van der Waals surface area contributed by atoms with Crippen LogP contribution in [0, 0.1) is 6.92 Å². The molecule has 26 heavy (non-hydrogen) atoms. The molecule has 0 unspecified atom stereocenters. The molecule has 1 amide bonds. The van der Waals surface area contributed by atoms with E-state index < -0.39 is 0 Å². The monoisotopic (exact) mass is 368 g/mol. The van der Waals surface area contributed by atoms with Crippen LogP contribution in [-0.2, 0) is 6.42 Å². The highest BCUT2D eigenvalue weighted by Gasteiger charge is 2.21. The molecule has 4 rings (SSSR count). The molecule has 2 aromatic carbocycles. The molecular formula is C20H17ClN2O3. The molecule has 1 aromatic heterocycles. The van der Waals surface area contributed by atoms with E-state index in [1.807, 2.05) is 32.0 Å². The molecule has 132 valence electrons. The summed E-state index contributed by atoms with van der Waals surface area (Å²) in [7, 11) is 0. The summed E-state index contributed by atoms with van der Waals surface area (Å²) in [6, 6.07) is 12.8. The topological polar surface area (TPSA) is 64.4 Å². The van der Waals surface area contributed by atoms with E-state index in [4.69, 9.17) is 20.9 Å². The predicted octanol–water partition coefficient (Wildman–Crippen LogP) is 4.88. The number of nitrogens with zero attached hydrogens (tertiary/aromatic N) is 1. The van der Waals surface area contributed by atoms with E-state index in [0.29, 0.717) is 16.5 Å². The number of carbonyl (C=O) groups excluding carboxylic acids is 1. The predicted molar refractivity (Wildman–Crippen MR) is 99.9 cm³/mol. The van der Waals surface area contributed by atoms with Crippen LogP contribution in [0.2, 0.25) is 5.02 Å². The SMILES string of the molecule is Cc1c(Cl)cccc1NC(=O)c1cc(-c2ccc3c(c2)C[C@H](C)O3)on1. The van der Waals surface area contributed by atoms with Gasteiger partial charge >= 0.3 is 0 Å². The van der Waals surface area contributed by atoms with Crippen molar-refractivity contribution in [3.8, 4) is 17.1 Å². The average molecular weight is 369 g/mol. The van der Waals surface area contributed by atoms with E-state index in [0.717, 1.165) is 28.9 Å². The number of halogens is 1. The van der Waals surface area contributed by atoms with E-state index in [9.17, 15) is 4.79 Å². The highest BCUT2D eigenvalue weighted by molar-refractivity contribution is 6.31. The molecule has 1 aliphatic heterocycles.